The number of halogens is 1. The predicted octanol–water partition coefficient (Wildman–Crippen LogP) is 1.36. The topological polar surface area (TPSA) is 64.3 Å². The Labute approximate surface area is 83.2 Å². The van der Waals surface area contributed by atoms with Gasteiger partial charge in [-0.15, -0.1) is 0 Å². The first-order chi connectivity index (χ1) is 6.16. The zero-order valence-corrected chi connectivity index (χ0v) is 8.22. The summed E-state index contributed by atoms with van der Waals surface area (Å²) >= 11 is 3.27. The van der Waals surface area contributed by atoms with Crippen LogP contribution >= 0.6 is 15.9 Å². The van der Waals surface area contributed by atoms with Gasteiger partial charge in [0.1, 0.15) is 5.75 Å². The minimum absolute atomic E-state index is 0.0589. The van der Waals surface area contributed by atoms with Gasteiger partial charge in [0.2, 0.25) is 0 Å². The molecule has 1 heterocycles. The fourth-order valence-electron chi connectivity index (χ4n) is 1.12. The Morgan fingerprint density at radius 3 is 3.08 bits per heavy atom. The van der Waals surface area contributed by atoms with Crippen LogP contribution in [0.2, 0.25) is 0 Å². The lowest BCUT2D eigenvalue weighted by atomic mass is 10.2. The van der Waals surface area contributed by atoms with E-state index in [4.69, 9.17) is 10.5 Å². The molecule has 1 amide bonds. The molecule has 5 heteroatoms. The third-order valence-corrected chi connectivity index (χ3v) is 2.42. The molecular weight excluding hydrogens is 236 g/mol. The largest absolute Gasteiger partial charge is 0.482 e. The Kier molecular flexibility index (Phi) is 1.88. The molecule has 0 radical (unpaired) electrons. The van der Waals surface area contributed by atoms with Crippen molar-refractivity contribution in [2.75, 3.05) is 17.7 Å². The zero-order valence-electron chi connectivity index (χ0n) is 6.63. The molecule has 68 valence electrons. The van der Waals surface area contributed by atoms with Crippen LogP contribution < -0.4 is 15.8 Å². The van der Waals surface area contributed by atoms with Crippen molar-refractivity contribution >= 4 is 33.2 Å². The van der Waals surface area contributed by atoms with E-state index in [1.54, 1.807) is 12.1 Å². The summed E-state index contributed by atoms with van der Waals surface area (Å²) in [7, 11) is 0. The number of nitrogens with one attached hydrogen (secondary N) is 1. The van der Waals surface area contributed by atoms with Crippen LogP contribution in [0.1, 0.15) is 0 Å². The third-order valence-electron chi connectivity index (χ3n) is 1.73. The molecule has 0 saturated heterocycles. The molecule has 2 rings (SSSR count). The van der Waals surface area contributed by atoms with E-state index in [9.17, 15) is 4.79 Å². The van der Waals surface area contributed by atoms with Gasteiger partial charge in [-0.2, -0.15) is 0 Å². The number of hydrogen-bond donors (Lipinski definition) is 2. The van der Waals surface area contributed by atoms with Crippen LogP contribution in [0.15, 0.2) is 16.6 Å². The van der Waals surface area contributed by atoms with Crippen molar-refractivity contribution in [3.8, 4) is 5.75 Å². The van der Waals surface area contributed by atoms with E-state index >= 15 is 0 Å². The number of anilines is 2. The average molecular weight is 243 g/mol. The van der Waals surface area contributed by atoms with E-state index in [0.717, 1.165) is 4.47 Å². The highest BCUT2D eigenvalue weighted by Crippen LogP contribution is 2.34. The quantitative estimate of drug-likeness (QED) is 0.676. The zero-order chi connectivity index (χ0) is 9.42. The molecule has 1 aliphatic rings. The summed E-state index contributed by atoms with van der Waals surface area (Å²) in [6.07, 6.45) is 0. The average Bonchev–Trinajstić information content (AvgIpc) is 2.08. The van der Waals surface area contributed by atoms with Crippen molar-refractivity contribution in [3.63, 3.8) is 0 Å². The summed E-state index contributed by atoms with van der Waals surface area (Å²) in [4.78, 5) is 10.9. The Morgan fingerprint density at radius 2 is 2.31 bits per heavy atom. The molecule has 0 atom stereocenters. The van der Waals surface area contributed by atoms with Gasteiger partial charge >= 0.3 is 0 Å². The molecular formula is C8H7BrN2O2. The van der Waals surface area contributed by atoms with E-state index in [-0.39, 0.29) is 12.5 Å². The smallest absolute Gasteiger partial charge is 0.262 e. The summed E-state index contributed by atoms with van der Waals surface area (Å²) in [5.41, 5.74) is 6.83. The second kappa shape index (κ2) is 2.92. The standard InChI is InChI=1S/C8H7BrN2O2/c9-4-1-7-6(2-5(4)10)11-8(12)3-13-7/h1-2H,3,10H2,(H,11,12). The highest BCUT2D eigenvalue weighted by molar-refractivity contribution is 9.10. The highest BCUT2D eigenvalue weighted by Gasteiger charge is 2.16. The number of carbonyl (C=O) groups is 1. The molecule has 4 nitrogen and oxygen atoms in total. The van der Waals surface area contributed by atoms with Gasteiger partial charge < -0.3 is 15.8 Å². The number of amides is 1. The molecule has 0 aliphatic carbocycles. The Bertz CT molecular complexity index is 379. The molecule has 0 bridgehead atoms. The molecule has 13 heavy (non-hydrogen) atoms. The summed E-state index contributed by atoms with van der Waals surface area (Å²) < 4.78 is 5.94. The molecule has 0 saturated carbocycles. The second-order valence-corrected chi connectivity index (χ2v) is 3.56. The number of hydrogen-bond acceptors (Lipinski definition) is 3. The lowest BCUT2D eigenvalue weighted by Crippen LogP contribution is -2.25. The fraction of sp³-hybridized carbons (Fsp3) is 0.125. The van der Waals surface area contributed by atoms with Crippen molar-refractivity contribution in [3.05, 3.63) is 16.6 Å². The van der Waals surface area contributed by atoms with Crippen LogP contribution in [0, 0.1) is 0 Å². The molecule has 3 N–H and O–H groups in total. The molecule has 0 aromatic heterocycles. The molecule has 1 aromatic carbocycles. The maximum atomic E-state index is 10.9. The SMILES string of the molecule is Nc1cc2c(cc1Br)OCC(=O)N2. The Balaban J connectivity index is 2.49. The first-order valence-electron chi connectivity index (χ1n) is 3.68. The summed E-state index contributed by atoms with van der Waals surface area (Å²) in [5.74, 6) is 0.481. The van der Waals surface area contributed by atoms with Crippen LogP contribution in [0.5, 0.6) is 5.75 Å². The number of nitrogens with two attached hydrogens (primary N) is 1. The number of ether oxygens (including phenoxy) is 1. The molecule has 0 spiro atoms. The molecule has 1 aromatic rings. The minimum atomic E-state index is -0.158. The van der Waals surface area contributed by atoms with E-state index in [1.807, 2.05) is 0 Å². The van der Waals surface area contributed by atoms with Crippen LogP contribution in [0.25, 0.3) is 0 Å². The van der Waals surface area contributed by atoms with Crippen molar-refractivity contribution in [2.45, 2.75) is 0 Å². The van der Waals surface area contributed by atoms with Gasteiger partial charge in [0, 0.05) is 10.2 Å². The molecule has 0 fully saturated rings. The number of rotatable bonds is 0. The van der Waals surface area contributed by atoms with Crippen LogP contribution in [0.4, 0.5) is 11.4 Å². The number of nitrogen functional groups attached to an aromatic ring is 1. The number of benzene rings is 1. The van der Waals surface area contributed by atoms with E-state index in [0.29, 0.717) is 17.1 Å². The number of fused-ring (bicyclic) bond motifs is 1. The normalized spacial score (nSPS) is 14.4. The van der Waals surface area contributed by atoms with Gasteiger partial charge in [-0.25, -0.2) is 0 Å². The maximum Gasteiger partial charge on any atom is 0.262 e. The predicted molar refractivity (Wildman–Crippen MR) is 52.7 cm³/mol. The monoisotopic (exact) mass is 242 g/mol. The fourth-order valence-corrected chi connectivity index (χ4v) is 1.44. The second-order valence-electron chi connectivity index (χ2n) is 2.71. The van der Waals surface area contributed by atoms with Crippen molar-refractivity contribution in [1.82, 2.24) is 0 Å². The molecule has 0 unspecified atom stereocenters. The summed E-state index contributed by atoms with van der Waals surface area (Å²) in [6, 6.07) is 3.40. The lowest BCUT2D eigenvalue weighted by molar-refractivity contribution is -0.118. The van der Waals surface area contributed by atoms with Gasteiger partial charge in [-0.1, -0.05) is 0 Å². The first-order valence-corrected chi connectivity index (χ1v) is 4.48. The van der Waals surface area contributed by atoms with E-state index in [2.05, 4.69) is 21.2 Å². The van der Waals surface area contributed by atoms with Crippen molar-refractivity contribution in [1.29, 1.82) is 0 Å². The van der Waals surface area contributed by atoms with E-state index < -0.39 is 0 Å². The van der Waals surface area contributed by atoms with Crippen LogP contribution in [-0.2, 0) is 4.79 Å². The van der Waals surface area contributed by atoms with Crippen molar-refractivity contribution in [2.24, 2.45) is 0 Å². The van der Waals surface area contributed by atoms with Gasteiger partial charge in [-0.05, 0) is 28.1 Å². The lowest BCUT2D eigenvalue weighted by Gasteiger charge is -2.18. The maximum absolute atomic E-state index is 10.9. The van der Waals surface area contributed by atoms with Crippen LogP contribution in [0.3, 0.4) is 0 Å². The minimum Gasteiger partial charge on any atom is -0.482 e. The van der Waals surface area contributed by atoms with Gasteiger partial charge in [0.15, 0.2) is 6.61 Å². The van der Waals surface area contributed by atoms with Crippen molar-refractivity contribution < 1.29 is 9.53 Å². The van der Waals surface area contributed by atoms with Crippen LogP contribution in [-0.4, -0.2) is 12.5 Å². The highest BCUT2D eigenvalue weighted by atomic mass is 79.9. The third kappa shape index (κ3) is 1.47. The summed E-state index contributed by atoms with van der Waals surface area (Å²) in [6.45, 7) is 0.0589. The van der Waals surface area contributed by atoms with E-state index in [1.165, 1.54) is 0 Å². The Morgan fingerprint density at radius 1 is 1.54 bits per heavy atom. The number of carbonyl (C=O) groups excluding carboxylic acids is 1. The molecule has 1 aliphatic heterocycles. The van der Waals surface area contributed by atoms with Gasteiger partial charge in [-0.3, -0.25) is 4.79 Å². The van der Waals surface area contributed by atoms with Gasteiger partial charge in [0.25, 0.3) is 5.91 Å². The van der Waals surface area contributed by atoms with Gasteiger partial charge in [0.05, 0.1) is 5.69 Å². The summed E-state index contributed by atoms with van der Waals surface area (Å²) in [5, 5.41) is 2.66. The first kappa shape index (κ1) is 8.37. The Hall–Kier alpha value is -1.23.